The van der Waals surface area contributed by atoms with Crippen LogP contribution in [0.2, 0.25) is 0 Å². The van der Waals surface area contributed by atoms with Crippen LogP contribution in [-0.4, -0.2) is 35.5 Å². The molecule has 0 amide bonds. The summed E-state index contributed by atoms with van der Waals surface area (Å²) in [5, 5.41) is 13.9. The molecule has 6 nitrogen and oxygen atoms in total. The smallest absolute Gasteiger partial charge is 0.243 e. The van der Waals surface area contributed by atoms with Gasteiger partial charge in [-0.25, -0.2) is 13.1 Å². The van der Waals surface area contributed by atoms with E-state index in [1.165, 1.54) is 17.1 Å². The number of hydrogen-bond acceptors (Lipinski definition) is 4. The number of rotatable bonds is 4. The van der Waals surface area contributed by atoms with Crippen molar-refractivity contribution in [3.8, 4) is 0 Å². The van der Waals surface area contributed by atoms with Crippen LogP contribution >= 0.6 is 0 Å². The van der Waals surface area contributed by atoms with Gasteiger partial charge in [-0.05, 0) is 12.8 Å². The van der Waals surface area contributed by atoms with Gasteiger partial charge in [0.05, 0.1) is 11.8 Å². The Morgan fingerprint density at radius 3 is 2.71 bits per heavy atom. The summed E-state index contributed by atoms with van der Waals surface area (Å²) in [6, 6.07) is 0. The van der Waals surface area contributed by atoms with Crippen molar-refractivity contribution in [1.82, 2.24) is 14.5 Å². The molecule has 1 aromatic heterocycles. The highest BCUT2D eigenvalue weighted by molar-refractivity contribution is 7.89. The fourth-order valence-electron chi connectivity index (χ4n) is 2.06. The average Bonchev–Trinajstić information content (AvgIpc) is 2.86. The second-order valence-electron chi connectivity index (χ2n) is 4.61. The van der Waals surface area contributed by atoms with Gasteiger partial charge in [0, 0.05) is 19.8 Å². The largest absolute Gasteiger partial charge is 0.389 e. The zero-order chi connectivity index (χ0) is 12.5. The number of aryl methyl sites for hydroxylation is 1. The molecule has 1 fully saturated rings. The number of aromatic nitrogens is 2. The molecule has 2 N–H and O–H groups in total. The minimum atomic E-state index is -3.56. The molecule has 1 aliphatic rings. The van der Waals surface area contributed by atoms with Gasteiger partial charge in [0.15, 0.2) is 0 Å². The van der Waals surface area contributed by atoms with Gasteiger partial charge in [0.1, 0.15) is 4.90 Å². The van der Waals surface area contributed by atoms with Crippen molar-refractivity contribution >= 4 is 10.0 Å². The molecule has 0 bridgehead atoms. The molecule has 1 aliphatic carbocycles. The van der Waals surface area contributed by atoms with Crippen molar-refractivity contribution < 1.29 is 13.5 Å². The molecule has 0 spiro atoms. The van der Waals surface area contributed by atoms with E-state index in [9.17, 15) is 13.5 Å². The summed E-state index contributed by atoms with van der Waals surface area (Å²) in [7, 11) is -1.90. The van der Waals surface area contributed by atoms with E-state index in [1.54, 1.807) is 7.05 Å². The summed E-state index contributed by atoms with van der Waals surface area (Å²) in [4.78, 5) is 0.126. The number of hydrogen-bond donors (Lipinski definition) is 2. The maximum absolute atomic E-state index is 11.9. The Balaban J connectivity index is 2.03. The summed E-state index contributed by atoms with van der Waals surface area (Å²) < 4.78 is 27.6. The molecular formula is C10H17N3O3S. The second kappa shape index (κ2) is 4.40. The molecule has 0 radical (unpaired) electrons. The Hall–Kier alpha value is -0.920. The van der Waals surface area contributed by atoms with Gasteiger partial charge >= 0.3 is 0 Å². The quantitative estimate of drug-likeness (QED) is 0.797. The van der Waals surface area contributed by atoms with Crippen molar-refractivity contribution in [2.75, 3.05) is 6.54 Å². The second-order valence-corrected chi connectivity index (χ2v) is 6.37. The van der Waals surface area contributed by atoms with Gasteiger partial charge in [0.25, 0.3) is 0 Å². The first-order valence-corrected chi connectivity index (χ1v) is 7.10. The van der Waals surface area contributed by atoms with Crippen molar-refractivity contribution in [3.63, 3.8) is 0 Å². The van der Waals surface area contributed by atoms with Crippen LogP contribution in [0, 0.1) is 0 Å². The third-order valence-electron chi connectivity index (χ3n) is 3.12. The first kappa shape index (κ1) is 12.5. The maximum atomic E-state index is 11.9. The lowest BCUT2D eigenvalue weighted by atomic mass is 10.0. The predicted octanol–water partition coefficient (Wildman–Crippen LogP) is 0.00350. The Kier molecular flexibility index (Phi) is 3.24. The van der Waals surface area contributed by atoms with Crippen molar-refractivity contribution in [2.24, 2.45) is 7.05 Å². The number of sulfonamides is 1. The molecule has 2 rings (SSSR count). The minimum absolute atomic E-state index is 0.0736. The Bertz CT molecular complexity index is 489. The first-order valence-electron chi connectivity index (χ1n) is 5.62. The molecule has 17 heavy (non-hydrogen) atoms. The summed E-state index contributed by atoms with van der Waals surface area (Å²) >= 11 is 0. The van der Waals surface area contributed by atoms with E-state index < -0.39 is 15.6 Å². The van der Waals surface area contributed by atoms with Gasteiger partial charge in [-0.3, -0.25) is 4.68 Å². The highest BCUT2D eigenvalue weighted by Gasteiger charge is 2.32. The summed E-state index contributed by atoms with van der Waals surface area (Å²) in [6.45, 7) is 0.0736. The molecule has 0 atom stereocenters. The number of aliphatic hydroxyl groups is 1. The molecule has 96 valence electrons. The molecule has 1 saturated carbocycles. The summed E-state index contributed by atoms with van der Waals surface area (Å²) in [6.07, 6.45) is 5.93. The molecular weight excluding hydrogens is 242 g/mol. The lowest BCUT2D eigenvalue weighted by molar-refractivity contribution is 0.0532. The Morgan fingerprint density at radius 2 is 2.18 bits per heavy atom. The average molecular weight is 259 g/mol. The van der Waals surface area contributed by atoms with Gasteiger partial charge < -0.3 is 5.11 Å². The third kappa shape index (κ3) is 2.85. The normalized spacial score (nSPS) is 19.6. The molecule has 1 heterocycles. The number of nitrogens with zero attached hydrogens (tertiary/aromatic N) is 2. The van der Waals surface area contributed by atoms with Crippen molar-refractivity contribution in [2.45, 2.75) is 36.2 Å². The fourth-order valence-corrected chi connectivity index (χ4v) is 3.16. The van der Waals surface area contributed by atoms with Crippen LogP contribution in [0.4, 0.5) is 0 Å². The molecule has 0 unspecified atom stereocenters. The highest BCUT2D eigenvalue weighted by Crippen LogP contribution is 2.28. The van der Waals surface area contributed by atoms with Crippen molar-refractivity contribution in [1.29, 1.82) is 0 Å². The van der Waals surface area contributed by atoms with Crippen LogP contribution in [0.15, 0.2) is 17.3 Å². The van der Waals surface area contributed by atoms with E-state index >= 15 is 0 Å². The zero-order valence-corrected chi connectivity index (χ0v) is 10.6. The lowest BCUT2D eigenvalue weighted by Gasteiger charge is -2.21. The van der Waals surface area contributed by atoms with E-state index in [0.717, 1.165) is 12.8 Å². The predicted molar refractivity (Wildman–Crippen MR) is 61.8 cm³/mol. The lowest BCUT2D eigenvalue weighted by Crippen LogP contribution is -2.40. The molecule has 0 aromatic carbocycles. The van der Waals surface area contributed by atoms with Crippen LogP contribution in [0.5, 0.6) is 0 Å². The van der Waals surface area contributed by atoms with E-state index in [4.69, 9.17) is 0 Å². The monoisotopic (exact) mass is 259 g/mol. The van der Waals surface area contributed by atoms with Crippen LogP contribution in [0.1, 0.15) is 25.7 Å². The Labute approximate surface area is 101 Å². The van der Waals surface area contributed by atoms with Gasteiger partial charge in [-0.15, -0.1) is 0 Å². The van der Waals surface area contributed by atoms with Crippen LogP contribution < -0.4 is 4.72 Å². The molecule has 0 aliphatic heterocycles. The zero-order valence-electron chi connectivity index (χ0n) is 9.76. The summed E-state index contributed by atoms with van der Waals surface area (Å²) in [5.74, 6) is 0. The third-order valence-corrected chi connectivity index (χ3v) is 4.47. The summed E-state index contributed by atoms with van der Waals surface area (Å²) in [5.41, 5.74) is -0.880. The Morgan fingerprint density at radius 1 is 1.53 bits per heavy atom. The van der Waals surface area contributed by atoms with Gasteiger partial charge in [0.2, 0.25) is 10.0 Å². The maximum Gasteiger partial charge on any atom is 0.243 e. The topological polar surface area (TPSA) is 84.2 Å². The molecule has 7 heteroatoms. The van der Waals surface area contributed by atoms with E-state index in [0.29, 0.717) is 12.8 Å². The van der Waals surface area contributed by atoms with E-state index in [2.05, 4.69) is 9.82 Å². The molecule has 1 aromatic rings. The van der Waals surface area contributed by atoms with Crippen LogP contribution in [0.25, 0.3) is 0 Å². The highest BCUT2D eigenvalue weighted by atomic mass is 32.2. The van der Waals surface area contributed by atoms with E-state index in [-0.39, 0.29) is 11.4 Å². The fraction of sp³-hybridized carbons (Fsp3) is 0.700. The number of nitrogens with one attached hydrogen (secondary N) is 1. The first-order chi connectivity index (χ1) is 7.91. The van der Waals surface area contributed by atoms with Gasteiger partial charge in [-0.1, -0.05) is 12.8 Å². The van der Waals surface area contributed by atoms with Gasteiger partial charge in [-0.2, -0.15) is 5.10 Å². The van der Waals surface area contributed by atoms with E-state index in [1.807, 2.05) is 0 Å². The van der Waals surface area contributed by atoms with Crippen LogP contribution in [0.3, 0.4) is 0 Å². The van der Waals surface area contributed by atoms with Crippen LogP contribution in [-0.2, 0) is 17.1 Å². The molecule has 0 saturated heterocycles. The standard InChI is InChI=1S/C10H17N3O3S/c1-13-7-9(6-11-13)17(15,16)12-8-10(14)4-2-3-5-10/h6-7,12,14H,2-5,8H2,1H3. The van der Waals surface area contributed by atoms with Crippen molar-refractivity contribution in [3.05, 3.63) is 12.4 Å². The minimum Gasteiger partial charge on any atom is -0.389 e. The SMILES string of the molecule is Cn1cc(S(=O)(=O)NCC2(O)CCCC2)cn1.